The van der Waals surface area contributed by atoms with Crippen LogP contribution >= 0.6 is 11.6 Å². The maximum atomic E-state index is 6.00. The average molecular weight is 266 g/mol. The molecule has 0 bridgehead atoms. The standard InChI is InChI=1S/C14H16ClNO2/c1-2-6-18-14-4-3-12(15)8-13(14)16-9-11-5-7-17-10-11/h3-5,7-8,10,16H,2,6,9H2,1H3. The second kappa shape index (κ2) is 6.36. The zero-order valence-electron chi connectivity index (χ0n) is 10.3. The van der Waals surface area contributed by atoms with E-state index in [1.54, 1.807) is 12.5 Å². The summed E-state index contributed by atoms with van der Waals surface area (Å²) in [5.41, 5.74) is 1.98. The third-order valence-electron chi connectivity index (χ3n) is 2.47. The Morgan fingerprint density at radius 1 is 1.33 bits per heavy atom. The molecular weight excluding hydrogens is 250 g/mol. The highest BCUT2D eigenvalue weighted by atomic mass is 35.5. The van der Waals surface area contributed by atoms with Crippen LogP contribution in [0, 0.1) is 0 Å². The van der Waals surface area contributed by atoms with Gasteiger partial charge in [0.25, 0.3) is 0 Å². The van der Waals surface area contributed by atoms with Crippen LogP contribution in [0.4, 0.5) is 5.69 Å². The highest BCUT2D eigenvalue weighted by molar-refractivity contribution is 6.30. The van der Waals surface area contributed by atoms with Gasteiger partial charge in [0.1, 0.15) is 5.75 Å². The molecule has 0 atom stereocenters. The van der Waals surface area contributed by atoms with Gasteiger partial charge in [0.05, 0.1) is 24.8 Å². The van der Waals surface area contributed by atoms with Crippen molar-refractivity contribution in [1.29, 1.82) is 0 Å². The molecule has 0 amide bonds. The molecule has 0 aliphatic carbocycles. The molecule has 1 aromatic carbocycles. The molecule has 1 aromatic heterocycles. The number of rotatable bonds is 6. The van der Waals surface area contributed by atoms with Crippen LogP contribution in [0.2, 0.25) is 5.02 Å². The van der Waals surface area contributed by atoms with Crippen LogP contribution in [0.3, 0.4) is 0 Å². The fourth-order valence-electron chi connectivity index (χ4n) is 1.57. The molecule has 0 aliphatic heterocycles. The largest absolute Gasteiger partial charge is 0.491 e. The maximum Gasteiger partial charge on any atom is 0.142 e. The summed E-state index contributed by atoms with van der Waals surface area (Å²) >= 11 is 6.00. The van der Waals surface area contributed by atoms with E-state index in [2.05, 4.69) is 12.2 Å². The van der Waals surface area contributed by atoms with Gasteiger partial charge in [-0.1, -0.05) is 18.5 Å². The van der Waals surface area contributed by atoms with E-state index in [1.807, 2.05) is 24.3 Å². The first kappa shape index (κ1) is 12.8. The molecule has 0 saturated carbocycles. The van der Waals surface area contributed by atoms with Crippen LogP contribution in [-0.2, 0) is 6.54 Å². The van der Waals surface area contributed by atoms with Crippen LogP contribution in [-0.4, -0.2) is 6.61 Å². The van der Waals surface area contributed by atoms with Gasteiger partial charge in [-0.2, -0.15) is 0 Å². The van der Waals surface area contributed by atoms with E-state index in [0.717, 1.165) is 23.4 Å². The van der Waals surface area contributed by atoms with Crippen LogP contribution in [0.15, 0.2) is 41.2 Å². The lowest BCUT2D eigenvalue weighted by molar-refractivity contribution is 0.319. The maximum absolute atomic E-state index is 6.00. The molecule has 4 heteroatoms. The van der Waals surface area contributed by atoms with E-state index in [-0.39, 0.29) is 0 Å². The monoisotopic (exact) mass is 265 g/mol. The van der Waals surface area contributed by atoms with Crippen molar-refractivity contribution in [2.45, 2.75) is 19.9 Å². The highest BCUT2D eigenvalue weighted by Gasteiger charge is 2.05. The smallest absolute Gasteiger partial charge is 0.142 e. The van der Waals surface area contributed by atoms with Gasteiger partial charge in [-0.25, -0.2) is 0 Å². The molecule has 1 N–H and O–H groups in total. The summed E-state index contributed by atoms with van der Waals surface area (Å²) < 4.78 is 10.7. The SMILES string of the molecule is CCCOc1ccc(Cl)cc1NCc1ccoc1. The molecule has 3 nitrogen and oxygen atoms in total. The van der Waals surface area contributed by atoms with Crippen molar-refractivity contribution in [3.63, 3.8) is 0 Å². The Bertz CT molecular complexity index is 483. The quantitative estimate of drug-likeness (QED) is 0.844. The van der Waals surface area contributed by atoms with Gasteiger partial charge in [0, 0.05) is 17.1 Å². The third-order valence-corrected chi connectivity index (χ3v) is 2.70. The zero-order chi connectivity index (χ0) is 12.8. The molecule has 0 fully saturated rings. The van der Waals surface area contributed by atoms with Crippen molar-refractivity contribution < 1.29 is 9.15 Å². The van der Waals surface area contributed by atoms with Crippen LogP contribution in [0.25, 0.3) is 0 Å². The normalized spacial score (nSPS) is 10.3. The first-order valence-corrected chi connectivity index (χ1v) is 6.34. The molecule has 0 unspecified atom stereocenters. The fraction of sp³-hybridized carbons (Fsp3) is 0.286. The number of halogens is 1. The van der Waals surface area contributed by atoms with Crippen molar-refractivity contribution in [1.82, 2.24) is 0 Å². The predicted molar refractivity (Wildman–Crippen MR) is 73.3 cm³/mol. The predicted octanol–water partition coefficient (Wildman–Crippen LogP) is 4.33. The van der Waals surface area contributed by atoms with Crippen molar-refractivity contribution in [3.8, 4) is 5.75 Å². The minimum Gasteiger partial charge on any atom is -0.491 e. The summed E-state index contributed by atoms with van der Waals surface area (Å²) in [5.74, 6) is 0.824. The number of anilines is 1. The van der Waals surface area contributed by atoms with Crippen molar-refractivity contribution in [2.24, 2.45) is 0 Å². The number of benzene rings is 1. The Morgan fingerprint density at radius 2 is 2.22 bits per heavy atom. The minimum atomic E-state index is 0.680. The lowest BCUT2D eigenvalue weighted by Crippen LogP contribution is -2.03. The van der Waals surface area contributed by atoms with Gasteiger partial charge < -0.3 is 14.5 Å². The molecule has 1 heterocycles. The summed E-state index contributed by atoms with van der Waals surface area (Å²) in [4.78, 5) is 0. The summed E-state index contributed by atoms with van der Waals surface area (Å²) in [7, 11) is 0. The van der Waals surface area contributed by atoms with E-state index < -0.39 is 0 Å². The fourth-order valence-corrected chi connectivity index (χ4v) is 1.74. The first-order valence-electron chi connectivity index (χ1n) is 5.97. The van der Waals surface area contributed by atoms with Gasteiger partial charge in [-0.05, 0) is 30.7 Å². The first-order chi connectivity index (χ1) is 8.79. The Morgan fingerprint density at radius 3 is 2.94 bits per heavy atom. The number of furan rings is 1. The average Bonchev–Trinajstić information content (AvgIpc) is 2.88. The van der Waals surface area contributed by atoms with Gasteiger partial charge in [0.2, 0.25) is 0 Å². The van der Waals surface area contributed by atoms with Gasteiger partial charge >= 0.3 is 0 Å². The third kappa shape index (κ3) is 3.44. The van der Waals surface area contributed by atoms with Crippen LogP contribution in [0.5, 0.6) is 5.75 Å². The molecule has 0 aliphatic rings. The number of ether oxygens (including phenoxy) is 1. The van der Waals surface area contributed by atoms with Crippen LogP contribution < -0.4 is 10.1 Å². The van der Waals surface area contributed by atoms with Crippen molar-refractivity contribution >= 4 is 17.3 Å². The van der Waals surface area contributed by atoms with E-state index in [1.165, 1.54) is 0 Å². The van der Waals surface area contributed by atoms with Crippen LogP contribution in [0.1, 0.15) is 18.9 Å². The highest BCUT2D eigenvalue weighted by Crippen LogP contribution is 2.28. The summed E-state index contributed by atoms with van der Waals surface area (Å²) in [6.45, 7) is 3.45. The summed E-state index contributed by atoms with van der Waals surface area (Å²) in [6.07, 6.45) is 4.34. The lowest BCUT2D eigenvalue weighted by atomic mass is 10.2. The van der Waals surface area contributed by atoms with E-state index in [4.69, 9.17) is 20.8 Å². The van der Waals surface area contributed by atoms with Gasteiger partial charge in [0.15, 0.2) is 0 Å². The van der Waals surface area contributed by atoms with Crippen molar-refractivity contribution in [3.05, 3.63) is 47.4 Å². The van der Waals surface area contributed by atoms with Gasteiger partial charge in [-0.15, -0.1) is 0 Å². The Balaban J connectivity index is 2.06. The second-order valence-corrected chi connectivity index (χ2v) is 4.41. The number of hydrogen-bond donors (Lipinski definition) is 1. The van der Waals surface area contributed by atoms with Gasteiger partial charge in [-0.3, -0.25) is 0 Å². The molecule has 0 spiro atoms. The summed E-state index contributed by atoms with van der Waals surface area (Å²) in [5, 5.41) is 3.98. The van der Waals surface area contributed by atoms with E-state index in [9.17, 15) is 0 Å². The van der Waals surface area contributed by atoms with E-state index in [0.29, 0.717) is 18.2 Å². The topological polar surface area (TPSA) is 34.4 Å². The van der Waals surface area contributed by atoms with Crippen molar-refractivity contribution in [2.75, 3.05) is 11.9 Å². The number of hydrogen-bond acceptors (Lipinski definition) is 3. The van der Waals surface area contributed by atoms with E-state index >= 15 is 0 Å². The molecule has 2 rings (SSSR count). The second-order valence-electron chi connectivity index (χ2n) is 3.97. The Labute approximate surface area is 112 Å². The lowest BCUT2D eigenvalue weighted by Gasteiger charge is -2.12. The molecule has 2 aromatic rings. The minimum absolute atomic E-state index is 0.680. The summed E-state index contributed by atoms with van der Waals surface area (Å²) in [6, 6.07) is 7.50. The molecule has 0 radical (unpaired) electrons. The molecular formula is C14H16ClNO2. The number of nitrogens with one attached hydrogen (secondary N) is 1. The molecule has 18 heavy (non-hydrogen) atoms. The zero-order valence-corrected chi connectivity index (χ0v) is 11.0. The molecule has 96 valence electrons. The molecule has 0 saturated heterocycles. The Hall–Kier alpha value is -1.61. The Kier molecular flexibility index (Phi) is 4.53.